The summed E-state index contributed by atoms with van der Waals surface area (Å²) in [7, 11) is 0. The summed E-state index contributed by atoms with van der Waals surface area (Å²) < 4.78 is 6.75. The molecule has 35 heavy (non-hydrogen) atoms. The van der Waals surface area contributed by atoms with E-state index in [4.69, 9.17) is 22.1 Å². The number of fused-ring (bicyclic) bond motifs is 1. The summed E-state index contributed by atoms with van der Waals surface area (Å²) in [6.07, 6.45) is 15.9. The predicted molar refractivity (Wildman–Crippen MR) is 146 cm³/mol. The Morgan fingerprint density at radius 1 is 1.17 bits per heavy atom. The van der Waals surface area contributed by atoms with Crippen LogP contribution in [0.5, 0.6) is 0 Å². The molecule has 1 N–H and O–H groups in total. The van der Waals surface area contributed by atoms with Gasteiger partial charge in [-0.3, -0.25) is 14.5 Å². The Kier molecular flexibility index (Phi) is 10.3. The second kappa shape index (κ2) is 12.9. The fourth-order valence-corrected chi connectivity index (χ4v) is 6.37. The third kappa shape index (κ3) is 7.35. The average Bonchev–Trinajstić information content (AvgIpc) is 3.26. The van der Waals surface area contributed by atoms with E-state index < -0.39 is 12.5 Å². The topological polar surface area (TPSA) is 70.1 Å². The average molecular weight is 521 g/mol. The van der Waals surface area contributed by atoms with Crippen LogP contribution in [0.4, 0.5) is 0 Å². The number of carbonyl (C=O) groups is 2. The zero-order chi connectivity index (χ0) is 25.5. The largest absolute Gasteiger partial charge is 0.480 e. The van der Waals surface area contributed by atoms with Crippen LogP contribution in [0, 0.1) is 11.8 Å². The third-order valence-corrected chi connectivity index (χ3v) is 8.72. The molecule has 0 spiro atoms. The first-order valence-electron chi connectivity index (χ1n) is 13.0. The molecule has 0 radical (unpaired) electrons. The number of carbonyl (C=O) groups excluding carboxylic acids is 1. The van der Waals surface area contributed by atoms with Crippen LogP contribution < -0.4 is 0 Å². The van der Waals surface area contributed by atoms with Gasteiger partial charge in [0.15, 0.2) is 5.88 Å². The molecule has 3 fully saturated rings. The van der Waals surface area contributed by atoms with Gasteiger partial charge in [0.05, 0.1) is 10.9 Å². The van der Waals surface area contributed by atoms with E-state index in [0.717, 1.165) is 47.5 Å². The number of carboxylic acids is 1. The van der Waals surface area contributed by atoms with Crippen LogP contribution in [0.25, 0.3) is 0 Å². The number of rotatable bonds is 11. The van der Waals surface area contributed by atoms with Gasteiger partial charge in [-0.15, -0.1) is 0 Å². The molecule has 0 aromatic rings. The molecular formula is C27H40N2O4S2. The number of hydrogen-bond donors (Lipinski definition) is 1. The maximum atomic E-state index is 12.6. The molecule has 3 aliphatic rings. The lowest BCUT2D eigenvalue weighted by Crippen LogP contribution is -2.42. The number of hydrogen-bond acceptors (Lipinski definition) is 6. The minimum atomic E-state index is -1.08. The van der Waals surface area contributed by atoms with Crippen LogP contribution in [0.3, 0.4) is 0 Å². The first-order valence-corrected chi connectivity index (χ1v) is 14.2. The Labute approximate surface area is 219 Å². The highest BCUT2D eigenvalue weighted by Crippen LogP contribution is 2.41. The minimum absolute atomic E-state index is 0.244. The van der Waals surface area contributed by atoms with Gasteiger partial charge in [0, 0.05) is 6.54 Å². The van der Waals surface area contributed by atoms with E-state index in [9.17, 15) is 9.59 Å². The zero-order valence-corrected chi connectivity index (χ0v) is 23.1. The van der Waals surface area contributed by atoms with Crippen molar-refractivity contribution in [3.05, 3.63) is 34.6 Å². The second-order valence-corrected chi connectivity index (χ2v) is 11.9. The second-order valence-electron chi connectivity index (χ2n) is 10.2. The summed E-state index contributed by atoms with van der Waals surface area (Å²) in [5, 5.41) is 9.02. The standard InChI is InChI=1S/C27H40N2O4S2/c1-5-6-7-8-9-10-13-28-21-15-19(3)20(4)16-22(21)33-24(28)12-11-18(2)14-23-26(32)29(17-25(30)31)27(34)35-23/h11-12,14,19-22H,5-10,13,15-17H2,1-4H3,(H,30,31). The van der Waals surface area contributed by atoms with Gasteiger partial charge in [-0.1, -0.05) is 82.9 Å². The molecule has 0 aromatic heterocycles. The van der Waals surface area contributed by atoms with E-state index in [2.05, 4.69) is 25.7 Å². The van der Waals surface area contributed by atoms with Crippen LogP contribution in [-0.4, -0.2) is 56.3 Å². The Hall–Kier alpha value is -1.80. The molecule has 1 saturated carbocycles. The lowest BCUT2D eigenvalue weighted by molar-refractivity contribution is -0.140. The summed E-state index contributed by atoms with van der Waals surface area (Å²) in [6, 6.07) is 0.434. The quantitative estimate of drug-likeness (QED) is 0.201. The Bertz CT molecular complexity index is 898. The summed E-state index contributed by atoms with van der Waals surface area (Å²) in [5.41, 5.74) is 0.896. The molecule has 4 atom stereocenters. The smallest absolute Gasteiger partial charge is 0.323 e. The number of thiocarbonyl (C=S) groups is 1. The van der Waals surface area contributed by atoms with Gasteiger partial charge in [-0.25, -0.2) is 0 Å². The van der Waals surface area contributed by atoms with Crippen molar-refractivity contribution in [2.24, 2.45) is 11.8 Å². The van der Waals surface area contributed by atoms with E-state index in [1.54, 1.807) is 6.08 Å². The molecular weight excluding hydrogens is 480 g/mol. The Balaban J connectivity index is 1.70. The first-order chi connectivity index (χ1) is 16.7. The normalized spacial score (nSPS) is 29.3. The number of allylic oxidation sites excluding steroid dienone is 4. The molecule has 8 heteroatoms. The van der Waals surface area contributed by atoms with E-state index in [-0.39, 0.29) is 16.3 Å². The van der Waals surface area contributed by atoms with Gasteiger partial charge in [0.2, 0.25) is 0 Å². The van der Waals surface area contributed by atoms with Gasteiger partial charge in [0.1, 0.15) is 17.0 Å². The van der Waals surface area contributed by atoms with Crippen molar-refractivity contribution in [1.29, 1.82) is 0 Å². The maximum absolute atomic E-state index is 12.6. The number of aliphatic carboxylic acids is 1. The SMILES string of the molecule is CCCCCCCCN1C(=CC=C(C)C=C2SC(=S)N(CC(=O)O)C2=O)OC2CC(C)C(C)CC21. The van der Waals surface area contributed by atoms with Crippen LogP contribution >= 0.6 is 24.0 Å². The van der Waals surface area contributed by atoms with Crippen molar-refractivity contribution >= 4 is 40.2 Å². The molecule has 1 amide bonds. The molecule has 1 aliphatic carbocycles. The summed E-state index contributed by atoms with van der Waals surface area (Å²) >= 11 is 6.34. The Morgan fingerprint density at radius 3 is 2.57 bits per heavy atom. The van der Waals surface area contributed by atoms with Crippen molar-refractivity contribution in [3.63, 3.8) is 0 Å². The molecule has 3 rings (SSSR count). The Morgan fingerprint density at radius 2 is 1.86 bits per heavy atom. The molecule has 2 heterocycles. The minimum Gasteiger partial charge on any atom is -0.480 e. The van der Waals surface area contributed by atoms with Gasteiger partial charge < -0.3 is 14.7 Å². The number of nitrogens with zero attached hydrogens (tertiary/aromatic N) is 2. The molecule has 0 aromatic carbocycles. The molecule has 194 valence electrons. The van der Waals surface area contributed by atoms with Crippen LogP contribution in [0.1, 0.15) is 79.1 Å². The lowest BCUT2D eigenvalue weighted by Gasteiger charge is -2.36. The summed E-state index contributed by atoms with van der Waals surface area (Å²) in [5.74, 6) is 0.862. The molecule has 0 bridgehead atoms. The van der Waals surface area contributed by atoms with Gasteiger partial charge >= 0.3 is 5.97 Å². The van der Waals surface area contributed by atoms with E-state index in [1.165, 1.54) is 38.5 Å². The number of thioether (sulfide) groups is 1. The maximum Gasteiger partial charge on any atom is 0.323 e. The van der Waals surface area contributed by atoms with Crippen molar-refractivity contribution in [1.82, 2.24) is 9.80 Å². The van der Waals surface area contributed by atoms with Crippen LogP contribution in [0.15, 0.2) is 34.6 Å². The van der Waals surface area contributed by atoms with Crippen LogP contribution in [-0.2, 0) is 14.3 Å². The van der Waals surface area contributed by atoms with Crippen molar-refractivity contribution in [2.45, 2.75) is 91.2 Å². The summed E-state index contributed by atoms with van der Waals surface area (Å²) in [4.78, 5) is 27.6. The van der Waals surface area contributed by atoms with E-state index in [1.807, 2.05) is 19.1 Å². The number of unbranched alkanes of at least 4 members (excludes halogenated alkanes) is 5. The molecule has 6 nitrogen and oxygen atoms in total. The van der Waals surface area contributed by atoms with Gasteiger partial charge in [0.25, 0.3) is 5.91 Å². The monoisotopic (exact) mass is 520 g/mol. The number of carboxylic acid groups (broad SMARTS) is 1. The predicted octanol–water partition coefficient (Wildman–Crippen LogP) is 6.10. The van der Waals surface area contributed by atoms with Crippen molar-refractivity contribution in [2.75, 3.05) is 13.1 Å². The van der Waals surface area contributed by atoms with E-state index in [0.29, 0.717) is 22.8 Å². The van der Waals surface area contributed by atoms with E-state index >= 15 is 0 Å². The van der Waals surface area contributed by atoms with Gasteiger partial charge in [-0.05, 0) is 55.7 Å². The number of amides is 1. The highest BCUT2D eigenvalue weighted by Gasteiger charge is 2.44. The first kappa shape index (κ1) is 27.8. The molecule has 4 unspecified atom stereocenters. The number of ether oxygens (including phenoxy) is 1. The third-order valence-electron chi connectivity index (χ3n) is 7.34. The molecule has 2 saturated heterocycles. The van der Waals surface area contributed by atoms with Crippen molar-refractivity contribution in [3.8, 4) is 0 Å². The fraction of sp³-hybridized carbons (Fsp3) is 0.667. The highest BCUT2D eigenvalue weighted by atomic mass is 32.2. The van der Waals surface area contributed by atoms with Crippen LogP contribution in [0.2, 0.25) is 0 Å². The highest BCUT2D eigenvalue weighted by molar-refractivity contribution is 8.26. The zero-order valence-electron chi connectivity index (χ0n) is 21.5. The van der Waals surface area contributed by atoms with Crippen molar-refractivity contribution < 1.29 is 19.4 Å². The lowest BCUT2D eigenvalue weighted by atomic mass is 9.77. The summed E-state index contributed by atoms with van der Waals surface area (Å²) in [6.45, 7) is 9.48. The fourth-order valence-electron chi connectivity index (χ4n) is 5.06. The molecule has 2 aliphatic heterocycles. The van der Waals surface area contributed by atoms with Gasteiger partial charge in [-0.2, -0.15) is 0 Å².